The molecule has 0 saturated carbocycles. The number of benzene rings is 1. The molecule has 1 aromatic carbocycles. The minimum atomic E-state index is -3.53. The highest BCUT2D eigenvalue weighted by Crippen LogP contribution is 2.34. The lowest BCUT2D eigenvalue weighted by atomic mass is 10.2. The number of nitrogens with zero attached hydrogens (tertiary/aromatic N) is 1. The van der Waals surface area contributed by atoms with E-state index in [2.05, 4.69) is 0 Å². The monoisotopic (exact) mass is 307 g/mol. The molecule has 0 radical (unpaired) electrons. The number of aryl methyl sites for hydroxylation is 1. The number of piperidine rings is 1. The van der Waals surface area contributed by atoms with E-state index in [1.807, 2.05) is 0 Å². The van der Waals surface area contributed by atoms with Crippen LogP contribution in [0.25, 0.3) is 0 Å². The van der Waals surface area contributed by atoms with E-state index in [-0.39, 0.29) is 14.9 Å². The zero-order chi connectivity index (χ0) is 13.3. The van der Waals surface area contributed by atoms with Gasteiger partial charge in [0, 0.05) is 13.1 Å². The molecule has 0 amide bonds. The van der Waals surface area contributed by atoms with Crippen LogP contribution in [0, 0.1) is 6.92 Å². The number of hydrogen-bond acceptors (Lipinski definition) is 2. The van der Waals surface area contributed by atoms with Crippen molar-refractivity contribution >= 4 is 33.2 Å². The molecular weight excluding hydrogens is 293 g/mol. The number of hydrogen-bond donors (Lipinski definition) is 0. The summed E-state index contributed by atoms with van der Waals surface area (Å²) in [6.07, 6.45) is 2.88. The summed E-state index contributed by atoms with van der Waals surface area (Å²) in [5.41, 5.74) is 0.634. The molecule has 1 saturated heterocycles. The van der Waals surface area contributed by atoms with E-state index >= 15 is 0 Å². The van der Waals surface area contributed by atoms with Gasteiger partial charge in [-0.1, -0.05) is 35.7 Å². The maximum Gasteiger partial charge on any atom is 0.244 e. The van der Waals surface area contributed by atoms with Gasteiger partial charge in [-0.2, -0.15) is 4.31 Å². The third-order valence-electron chi connectivity index (χ3n) is 3.16. The summed E-state index contributed by atoms with van der Waals surface area (Å²) in [5.74, 6) is 0. The van der Waals surface area contributed by atoms with Gasteiger partial charge in [0.25, 0.3) is 0 Å². The lowest BCUT2D eigenvalue weighted by molar-refractivity contribution is 0.346. The van der Waals surface area contributed by atoms with Gasteiger partial charge in [-0.25, -0.2) is 8.42 Å². The maximum atomic E-state index is 12.6. The van der Waals surface area contributed by atoms with Crippen molar-refractivity contribution in [2.24, 2.45) is 0 Å². The Balaban J connectivity index is 2.50. The Kier molecular flexibility index (Phi) is 4.22. The van der Waals surface area contributed by atoms with Crippen LogP contribution in [0.3, 0.4) is 0 Å². The first-order chi connectivity index (χ1) is 8.44. The standard InChI is InChI=1S/C12H15Cl2NO2S/c1-9-5-6-10(13)11(14)12(9)18(16,17)15-7-3-2-4-8-15/h5-6H,2-4,7-8H2,1H3. The van der Waals surface area contributed by atoms with E-state index in [1.54, 1.807) is 19.1 Å². The molecule has 0 N–H and O–H groups in total. The van der Waals surface area contributed by atoms with Crippen molar-refractivity contribution in [3.63, 3.8) is 0 Å². The second-order valence-corrected chi connectivity index (χ2v) is 7.13. The Labute approximate surface area is 118 Å². The summed E-state index contributed by atoms with van der Waals surface area (Å²) in [6.45, 7) is 2.86. The molecule has 0 atom stereocenters. The molecule has 0 spiro atoms. The average Bonchev–Trinajstić information content (AvgIpc) is 2.35. The normalized spacial score (nSPS) is 17.9. The van der Waals surface area contributed by atoms with Gasteiger partial charge in [-0.05, 0) is 31.4 Å². The molecule has 0 unspecified atom stereocenters. The summed E-state index contributed by atoms with van der Waals surface area (Å²) >= 11 is 12.0. The Morgan fingerprint density at radius 2 is 1.72 bits per heavy atom. The van der Waals surface area contributed by atoms with Crippen LogP contribution < -0.4 is 0 Å². The molecule has 1 aromatic rings. The Bertz CT molecular complexity index is 551. The minimum Gasteiger partial charge on any atom is -0.207 e. The van der Waals surface area contributed by atoms with Crippen LogP contribution in [0.1, 0.15) is 24.8 Å². The van der Waals surface area contributed by atoms with Gasteiger partial charge in [-0.15, -0.1) is 0 Å². The van der Waals surface area contributed by atoms with Gasteiger partial charge in [0.2, 0.25) is 10.0 Å². The van der Waals surface area contributed by atoms with Gasteiger partial charge in [0.1, 0.15) is 4.90 Å². The van der Waals surface area contributed by atoms with Crippen LogP contribution in [-0.4, -0.2) is 25.8 Å². The predicted molar refractivity (Wildman–Crippen MR) is 73.8 cm³/mol. The first-order valence-corrected chi connectivity index (χ1v) is 8.09. The summed E-state index contributed by atoms with van der Waals surface area (Å²) < 4.78 is 26.6. The predicted octanol–water partition coefficient (Wildman–Crippen LogP) is 3.48. The third kappa shape index (κ3) is 2.52. The van der Waals surface area contributed by atoms with Gasteiger partial charge in [0.05, 0.1) is 10.0 Å². The van der Waals surface area contributed by atoms with Crippen molar-refractivity contribution in [3.05, 3.63) is 27.7 Å². The van der Waals surface area contributed by atoms with Crippen LogP contribution in [0.5, 0.6) is 0 Å². The summed E-state index contributed by atoms with van der Waals surface area (Å²) in [7, 11) is -3.53. The van der Waals surface area contributed by atoms with Crippen molar-refractivity contribution in [3.8, 4) is 0 Å². The smallest absolute Gasteiger partial charge is 0.207 e. The fraction of sp³-hybridized carbons (Fsp3) is 0.500. The molecule has 0 aliphatic carbocycles. The fourth-order valence-corrected chi connectivity index (χ4v) is 4.71. The van der Waals surface area contributed by atoms with E-state index in [9.17, 15) is 8.42 Å². The largest absolute Gasteiger partial charge is 0.244 e. The van der Waals surface area contributed by atoms with Crippen LogP contribution in [0.2, 0.25) is 10.0 Å². The van der Waals surface area contributed by atoms with Gasteiger partial charge < -0.3 is 0 Å². The fourth-order valence-electron chi connectivity index (χ4n) is 2.18. The number of rotatable bonds is 2. The van der Waals surface area contributed by atoms with E-state index < -0.39 is 10.0 Å². The SMILES string of the molecule is Cc1ccc(Cl)c(Cl)c1S(=O)(=O)N1CCCCC1. The highest BCUT2D eigenvalue weighted by atomic mass is 35.5. The molecule has 2 rings (SSSR count). The molecular formula is C12H15Cl2NO2S. The lowest BCUT2D eigenvalue weighted by Gasteiger charge is -2.27. The highest BCUT2D eigenvalue weighted by Gasteiger charge is 2.30. The van der Waals surface area contributed by atoms with Crippen LogP contribution in [0.15, 0.2) is 17.0 Å². The molecule has 1 aliphatic heterocycles. The molecule has 1 heterocycles. The summed E-state index contributed by atoms with van der Waals surface area (Å²) in [4.78, 5) is 0.151. The third-order valence-corrected chi connectivity index (χ3v) is 6.16. The van der Waals surface area contributed by atoms with Crippen LogP contribution in [-0.2, 0) is 10.0 Å². The van der Waals surface area contributed by atoms with Crippen LogP contribution in [0.4, 0.5) is 0 Å². The number of sulfonamides is 1. The van der Waals surface area contributed by atoms with Crippen molar-refractivity contribution < 1.29 is 8.42 Å². The second kappa shape index (κ2) is 5.37. The Morgan fingerprint density at radius 1 is 1.11 bits per heavy atom. The van der Waals surface area contributed by atoms with E-state index in [0.29, 0.717) is 18.7 Å². The molecule has 18 heavy (non-hydrogen) atoms. The number of halogens is 2. The maximum absolute atomic E-state index is 12.6. The molecule has 0 aromatic heterocycles. The molecule has 1 aliphatic rings. The lowest BCUT2D eigenvalue weighted by Crippen LogP contribution is -2.36. The van der Waals surface area contributed by atoms with E-state index in [0.717, 1.165) is 19.3 Å². The average molecular weight is 308 g/mol. The second-order valence-electron chi connectivity index (χ2n) is 4.47. The van der Waals surface area contributed by atoms with Gasteiger partial charge in [0.15, 0.2) is 0 Å². The Morgan fingerprint density at radius 3 is 2.33 bits per heavy atom. The Hall–Kier alpha value is -0.290. The quantitative estimate of drug-likeness (QED) is 0.839. The zero-order valence-electron chi connectivity index (χ0n) is 10.1. The molecule has 0 bridgehead atoms. The summed E-state index contributed by atoms with van der Waals surface area (Å²) in [6, 6.07) is 3.31. The first kappa shape index (κ1) is 14.1. The highest BCUT2D eigenvalue weighted by molar-refractivity contribution is 7.89. The topological polar surface area (TPSA) is 37.4 Å². The summed E-state index contributed by atoms with van der Waals surface area (Å²) in [5, 5.41) is 0.403. The van der Waals surface area contributed by atoms with E-state index in [4.69, 9.17) is 23.2 Å². The first-order valence-electron chi connectivity index (χ1n) is 5.89. The van der Waals surface area contributed by atoms with Crippen molar-refractivity contribution in [2.45, 2.75) is 31.1 Å². The van der Waals surface area contributed by atoms with Crippen molar-refractivity contribution in [1.82, 2.24) is 4.31 Å². The van der Waals surface area contributed by atoms with E-state index in [1.165, 1.54) is 4.31 Å². The molecule has 100 valence electrons. The van der Waals surface area contributed by atoms with Crippen LogP contribution >= 0.6 is 23.2 Å². The minimum absolute atomic E-state index is 0.127. The molecule has 3 nitrogen and oxygen atoms in total. The van der Waals surface area contributed by atoms with Crippen molar-refractivity contribution in [1.29, 1.82) is 0 Å². The van der Waals surface area contributed by atoms with Crippen molar-refractivity contribution in [2.75, 3.05) is 13.1 Å². The zero-order valence-corrected chi connectivity index (χ0v) is 12.4. The molecule has 6 heteroatoms. The van der Waals surface area contributed by atoms with Gasteiger partial charge in [-0.3, -0.25) is 0 Å². The molecule has 1 fully saturated rings. The van der Waals surface area contributed by atoms with Gasteiger partial charge >= 0.3 is 0 Å².